The van der Waals surface area contributed by atoms with Crippen molar-refractivity contribution in [2.45, 2.75) is 44.8 Å². The van der Waals surface area contributed by atoms with Gasteiger partial charge >= 0.3 is 6.09 Å². The summed E-state index contributed by atoms with van der Waals surface area (Å²) in [7, 11) is 1.57. The van der Waals surface area contributed by atoms with Gasteiger partial charge in [-0.15, -0.1) is 0 Å². The van der Waals surface area contributed by atoms with E-state index in [-0.39, 0.29) is 18.9 Å². The van der Waals surface area contributed by atoms with Gasteiger partial charge in [0.05, 0.1) is 7.11 Å². The van der Waals surface area contributed by atoms with Crippen molar-refractivity contribution < 1.29 is 23.9 Å². The second-order valence-electron chi connectivity index (χ2n) is 7.38. The normalized spacial score (nSPS) is 11.3. The van der Waals surface area contributed by atoms with E-state index < -0.39 is 18.0 Å². The van der Waals surface area contributed by atoms with Gasteiger partial charge in [0.25, 0.3) is 0 Å². The van der Waals surface area contributed by atoms with Crippen LogP contribution in [0, 0.1) is 0 Å². The van der Waals surface area contributed by atoms with Gasteiger partial charge in [-0.25, -0.2) is 4.79 Å². The number of methoxy groups -OCH3 is 1. The molecule has 172 valence electrons. The van der Waals surface area contributed by atoms with Crippen LogP contribution in [-0.2, 0) is 27.4 Å². The lowest BCUT2D eigenvalue weighted by Crippen LogP contribution is -2.45. The largest absolute Gasteiger partial charge is 0.497 e. The Balaban J connectivity index is 1.60. The lowest BCUT2D eigenvalue weighted by Gasteiger charge is -2.16. The van der Waals surface area contributed by atoms with Crippen LogP contribution in [0.4, 0.5) is 4.79 Å². The van der Waals surface area contributed by atoms with E-state index in [1.54, 1.807) is 19.2 Å². The smallest absolute Gasteiger partial charge is 0.407 e. The molecule has 0 heterocycles. The van der Waals surface area contributed by atoms with Crippen LogP contribution in [0.3, 0.4) is 0 Å². The first-order valence-electron chi connectivity index (χ1n) is 10.6. The van der Waals surface area contributed by atoms with Crippen molar-refractivity contribution in [3.05, 3.63) is 65.7 Å². The Labute approximate surface area is 188 Å². The molecule has 0 aliphatic heterocycles. The molecule has 0 radical (unpaired) electrons. The number of amides is 3. The van der Waals surface area contributed by atoms with Crippen molar-refractivity contribution in [2.24, 2.45) is 5.73 Å². The number of carbonyl (C=O) groups is 3. The maximum Gasteiger partial charge on any atom is 0.407 e. The highest BCUT2D eigenvalue weighted by atomic mass is 16.5. The number of ether oxygens (including phenoxy) is 2. The van der Waals surface area contributed by atoms with Crippen LogP contribution < -0.4 is 21.1 Å². The fraction of sp³-hybridized carbons (Fsp3) is 0.375. The number of rotatable bonds is 13. The predicted octanol–water partition coefficient (Wildman–Crippen LogP) is 2.69. The Bertz CT molecular complexity index is 873. The van der Waals surface area contributed by atoms with E-state index in [2.05, 4.69) is 10.6 Å². The number of hydrogen-bond donors (Lipinski definition) is 3. The maximum atomic E-state index is 12.2. The molecule has 2 aromatic rings. The fourth-order valence-corrected chi connectivity index (χ4v) is 3.08. The standard InChI is InChI=1S/C24H31N3O5/c1-31-20-12-8-11-19(15-20)16-21(23(25)29)27-22(28)13-6-3-7-14-26-24(30)32-17-18-9-4-2-5-10-18/h2,4-5,8-12,15,21H,3,6-7,13-14,16-17H2,1H3,(H2,25,29)(H,26,30)(H,27,28)/t21-/m1/s1. The van der Waals surface area contributed by atoms with Crippen molar-refractivity contribution >= 4 is 17.9 Å². The topological polar surface area (TPSA) is 120 Å². The molecule has 0 saturated heterocycles. The highest BCUT2D eigenvalue weighted by Gasteiger charge is 2.18. The third-order valence-corrected chi connectivity index (χ3v) is 4.82. The summed E-state index contributed by atoms with van der Waals surface area (Å²) in [5.41, 5.74) is 7.22. The fourth-order valence-electron chi connectivity index (χ4n) is 3.08. The van der Waals surface area contributed by atoms with Crippen molar-refractivity contribution in [2.75, 3.05) is 13.7 Å². The molecule has 0 saturated carbocycles. The first kappa shape index (κ1) is 24.7. The van der Waals surface area contributed by atoms with Crippen molar-refractivity contribution in [3.63, 3.8) is 0 Å². The molecule has 32 heavy (non-hydrogen) atoms. The van der Waals surface area contributed by atoms with Gasteiger partial charge in [0.2, 0.25) is 11.8 Å². The molecule has 0 aliphatic rings. The lowest BCUT2D eigenvalue weighted by molar-refractivity contribution is -0.127. The minimum absolute atomic E-state index is 0.226. The van der Waals surface area contributed by atoms with E-state index in [0.717, 1.165) is 24.0 Å². The zero-order valence-corrected chi connectivity index (χ0v) is 18.3. The molecule has 0 bridgehead atoms. The number of unbranched alkanes of at least 4 members (excludes halogenated alkanes) is 2. The third-order valence-electron chi connectivity index (χ3n) is 4.82. The van der Waals surface area contributed by atoms with Gasteiger partial charge in [0, 0.05) is 19.4 Å². The second-order valence-corrected chi connectivity index (χ2v) is 7.38. The number of hydrogen-bond acceptors (Lipinski definition) is 5. The lowest BCUT2D eigenvalue weighted by atomic mass is 10.0. The summed E-state index contributed by atoms with van der Waals surface area (Å²) in [6.07, 6.45) is 2.22. The summed E-state index contributed by atoms with van der Waals surface area (Å²) < 4.78 is 10.3. The average Bonchev–Trinajstić information content (AvgIpc) is 2.80. The monoisotopic (exact) mass is 441 g/mol. The van der Waals surface area contributed by atoms with Gasteiger partial charge in [0.1, 0.15) is 18.4 Å². The molecular weight excluding hydrogens is 410 g/mol. The Morgan fingerprint density at radius 2 is 1.72 bits per heavy atom. The van der Waals surface area contributed by atoms with Crippen LogP contribution in [0.5, 0.6) is 5.75 Å². The van der Waals surface area contributed by atoms with Crippen LogP contribution in [0.15, 0.2) is 54.6 Å². The summed E-state index contributed by atoms with van der Waals surface area (Å²) >= 11 is 0. The van der Waals surface area contributed by atoms with Crippen molar-refractivity contribution in [1.29, 1.82) is 0 Å². The SMILES string of the molecule is COc1cccc(C[C@@H](NC(=O)CCCCCNC(=O)OCc2ccccc2)C(N)=O)c1. The van der Waals surface area contributed by atoms with E-state index in [4.69, 9.17) is 15.2 Å². The van der Waals surface area contributed by atoms with Crippen LogP contribution >= 0.6 is 0 Å². The van der Waals surface area contributed by atoms with Gasteiger partial charge in [-0.05, 0) is 36.1 Å². The average molecular weight is 442 g/mol. The first-order valence-corrected chi connectivity index (χ1v) is 10.6. The summed E-state index contributed by atoms with van der Waals surface area (Å²) in [6.45, 7) is 0.693. The number of carbonyl (C=O) groups excluding carboxylic acids is 3. The number of alkyl carbamates (subject to hydrolysis) is 1. The quantitative estimate of drug-likeness (QED) is 0.413. The summed E-state index contributed by atoms with van der Waals surface area (Å²) in [4.78, 5) is 35.6. The Hall–Kier alpha value is -3.55. The van der Waals surface area contributed by atoms with Gasteiger partial charge in [-0.3, -0.25) is 9.59 Å². The first-order chi connectivity index (χ1) is 15.5. The molecule has 0 spiro atoms. The number of benzene rings is 2. The van der Waals surface area contributed by atoms with Gasteiger partial charge in [-0.2, -0.15) is 0 Å². The zero-order chi connectivity index (χ0) is 23.2. The van der Waals surface area contributed by atoms with E-state index in [0.29, 0.717) is 25.1 Å². The summed E-state index contributed by atoms with van der Waals surface area (Å²) in [5.74, 6) is -0.138. The molecule has 1 atom stereocenters. The maximum absolute atomic E-state index is 12.2. The minimum atomic E-state index is -0.782. The number of nitrogens with one attached hydrogen (secondary N) is 2. The molecule has 8 nitrogen and oxygen atoms in total. The molecule has 0 unspecified atom stereocenters. The predicted molar refractivity (Wildman–Crippen MR) is 121 cm³/mol. The number of primary amides is 1. The van der Waals surface area contributed by atoms with E-state index in [1.807, 2.05) is 42.5 Å². The van der Waals surface area contributed by atoms with Crippen LogP contribution in [0.1, 0.15) is 36.8 Å². The molecule has 3 amide bonds. The van der Waals surface area contributed by atoms with Crippen LogP contribution in [-0.4, -0.2) is 37.6 Å². The molecule has 2 aromatic carbocycles. The Kier molecular flexibility index (Phi) is 10.6. The second kappa shape index (κ2) is 13.7. The third kappa shape index (κ3) is 9.51. The molecule has 0 aliphatic carbocycles. The summed E-state index contributed by atoms with van der Waals surface area (Å²) in [5, 5.41) is 5.39. The van der Waals surface area contributed by atoms with Crippen molar-refractivity contribution in [3.8, 4) is 5.75 Å². The number of nitrogens with two attached hydrogens (primary N) is 1. The highest BCUT2D eigenvalue weighted by Crippen LogP contribution is 2.14. The molecule has 0 aromatic heterocycles. The minimum Gasteiger partial charge on any atom is -0.497 e. The molecular formula is C24H31N3O5. The van der Waals surface area contributed by atoms with Gasteiger partial charge in [-0.1, -0.05) is 48.9 Å². The van der Waals surface area contributed by atoms with E-state index in [9.17, 15) is 14.4 Å². The molecule has 4 N–H and O–H groups in total. The molecule has 0 fully saturated rings. The van der Waals surface area contributed by atoms with Gasteiger partial charge in [0.15, 0.2) is 0 Å². The van der Waals surface area contributed by atoms with Crippen LogP contribution in [0.2, 0.25) is 0 Å². The van der Waals surface area contributed by atoms with Crippen LogP contribution in [0.25, 0.3) is 0 Å². The molecule has 2 rings (SSSR count). The Morgan fingerprint density at radius 3 is 2.44 bits per heavy atom. The zero-order valence-electron chi connectivity index (χ0n) is 18.3. The van der Waals surface area contributed by atoms with E-state index >= 15 is 0 Å². The van der Waals surface area contributed by atoms with E-state index in [1.165, 1.54) is 0 Å². The molecule has 8 heteroatoms. The highest BCUT2D eigenvalue weighted by molar-refractivity contribution is 5.86. The van der Waals surface area contributed by atoms with Gasteiger partial charge < -0.3 is 25.8 Å². The Morgan fingerprint density at radius 1 is 0.969 bits per heavy atom. The summed E-state index contributed by atoms with van der Waals surface area (Å²) in [6, 6.07) is 15.9. The van der Waals surface area contributed by atoms with Crippen molar-refractivity contribution in [1.82, 2.24) is 10.6 Å².